The van der Waals surface area contributed by atoms with Gasteiger partial charge in [-0.2, -0.15) is 0 Å². The first-order valence-electron chi connectivity index (χ1n) is 6.68. The first-order valence-corrected chi connectivity index (χ1v) is 6.68. The van der Waals surface area contributed by atoms with Gasteiger partial charge < -0.3 is 14.8 Å². The highest BCUT2D eigenvalue weighted by Gasteiger charge is 2.16. The number of fused-ring (bicyclic) bond motifs is 1. The van der Waals surface area contributed by atoms with E-state index in [2.05, 4.69) is 9.97 Å². The van der Waals surface area contributed by atoms with Crippen LogP contribution >= 0.6 is 0 Å². The van der Waals surface area contributed by atoms with E-state index >= 15 is 0 Å². The summed E-state index contributed by atoms with van der Waals surface area (Å²) in [6, 6.07) is 4.92. The fourth-order valence-electron chi connectivity index (χ4n) is 2.56. The summed E-state index contributed by atoms with van der Waals surface area (Å²) in [5.41, 5.74) is 2.37. The van der Waals surface area contributed by atoms with Crippen LogP contribution in [0.1, 0.15) is 24.1 Å². The minimum atomic E-state index is -0.0586. The average Bonchev–Trinajstić information content (AvgIpc) is 2.47. The van der Waals surface area contributed by atoms with Gasteiger partial charge in [0.2, 0.25) is 0 Å². The number of phenolic OH excluding ortho intramolecular Hbond substituents is 1. The second kappa shape index (κ2) is 5.00. The van der Waals surface area contributed by atoms with Crippen molar-refractivity contribution in [3.8, 4) is 22.9 Å². The van der Waals surface area contributed by atoms with E-state index in [0.717, 1.165) is 42.5 Å². The molecular formula is C15H16N2O3. The molecule has 0 amide bonds. The number of nitrogens with zero attached hydrogens (tertiary/aromatic N) is 1. The molecule has 0 saturated carbocycles. The molecule has 0 unspecified atom stereocenters. The molecule has 1 aromatic heterocycles. The first kappa shape index (κ1) is 12.7. The Hall–Kier alpha value is -2.30. The Morgan fingerprint density at radius 1 is 1.30 bits per heavy atom. The molecule has 2 aromatic rings. The van der Waals surface area contributed by atoms with Crippen molar-refractivity contribution in [2.24, 2.45) is 0 Å². The van der Waals surface area contributed by atoms with Crippen LogP contribution in [-0.2, 0) is 12.8 Å². The van der Waals surface area contributed by atoms with Crippen molar-refractivity contribution < 1.29 is 9.84 Å². The lowest BCUT2D eigenvalue weighted by molar-refractivity contribution is 0.373. The zero-order valence-electron chi connectivity index (χ0n) is 11.3. The van der Waals surface area contributed by atoms with E-state index in [1.54, 1.807) is 12.1 Å². The van der Waals surface area contributed by atoms with Crippen LogP contribution in [0.25, 0.3) is 11.4 Å². The maximum atomic E-state index is 12.1. The lowest BCUT2D eigenvalue weighted by Gasteiger charge is -2.15. The molecule has 5 nitrogen and oxygen atoms in total. The molecule has 1 aliphatic rings. The van der Waals surface area contributed by atoms with Gasteiger partial charge in [-0.25, -0.2) is 4.98 Å². The number of aromatic hydroxyl groups is 1. The van der Waals surface area contributed by atoms with Crippen molar-refractivity contribution in [3.05, 3.63) is 39.8 Å². The van der Waals surface area contributed by atoms with Gasteiger partial charge in [-0.3, -0.25) is 4.79 Å². The smallest absolute Gasteiger partial charge is 0.254 e. The SMILES string of the molecule is COc1cc(-c2nc3c(c(=O)[nH]2)CCCC3)ccc1O. The minimum Gasteiger partial charge on any atom is -0.504 e. The zero-order valence-corrected chi connectivity index (χ0v) is 11.3. The number of ether oxygens (including phenoxy) is 1. The van der Waals surface area contributed by atoms with Crippen LogP contribution in [0, 0.1) is 0 Å². The Morgan fingerprint density at radius 3 is 2.90 bits per heavy atom. The number of nitrogens with one attached hydrogen (secondary N) is 1. The molecule has 0 bridgehead atoms. The van der Waals surface area contributed by atoms with Gasteiger partial charge in [0.15, 0.2) is 11.5 Å². The third-order valence-electron chi connectivity index (χ3n) is 3.64. The van der Waals surface area contributed by atoms with Crippen molar-refractivity contribution in [2.45, 2.75) is 25.7 Å². The van der Waals surface area contributed by atoms with Gasteiger partial charge in [-0.1, -0.05) is 0 Å². The van der Waals surface area contributed by atoms with E-state index in [1.165, 1.54) is 13.2 Å². The summed E-state index contributed by atoms with van der Waals surface area (Å²) in [4.78, 5) is 19.5. The molecule has 104 valence electrons. The van der Waals surface area contributed by atoms with Crippen molar-refractivity contribution >= 4 is 0 Å². The minimum absolute atomic E-state index is 0.0586. The number of aromatic nitrogens is 2. The van der Waals surface area contributed by atoms with E-state index in [4.69, 9.17) is 4.74 Å². The Bertz CT molecular complexity index is 707. The van der Waals surface area contributed by atoms with Gasteiger partial charge in [0.25, 0.3) is 5.56 Å². The summed E-state index contributed by atoms with van der Waals surface area (Å²) in [7, 11) is 1.49. The summed E-state index contributed by atoms with van der Waals surface area (Å²) in [5.74, 6) is 0.952. The Balaban J connectivity index is 2.11. The Labute approximate surface area is 116 Å². The van der Waals surface area contributed by atoms with Gasteiger partial charge >= 0.3 is 0 Å². The average molecular weight is 272 g/mol. The molecular weight excluding hydrogens is 256 g/mol. The third kappa shape index (κ3) is 2.15. The van der Waals surface area contributed by atoms with E-state index in [-0.39, 0.29) is 11.3 Å². The second-order valence-corrected chi connectivity index (χ2v) is 4.93. The fraction of sp³-hybridized carbons (Fsp3) is 0.333. The number of benzene rings is 1. The predicted molar refractivity (Wildman–Crippen MR) is 75.2 cm³/mol. The topological polar surface area (TPSA) is 75.2 Å². The van der Waals surface area contributed by atoms with Crippen LogP contribution in [-0.4, -0.2) is 22.2 Å². The van der Waals surface area contributed by atoms with Crippen molar-refractivity contribution in [3.63, 3.8) is 0 Å². The molecule has 0 saturated heterocycles. The van der Waals surface area contributed by atoms with Crippen LogP contribution in [0.5, 0.6) is 11.5 Å². The van der Waals surface area contributed by atoms with Crippen LogP contribution < -0.4 is 10.3 Å². The summed E-state index contributed by atoms with van der Waals surface area (Å²) < 4.78 is 5.08. The Morgan fingerprint density at radius 2 is 2.10 bits per heavy atom. The second-order valence-electron chi connectivity index (χ2n) is 4.93. The van der Waals surface area contributed by atoms with E-state index < -0.39 is 0 Å². The number of aryl methyl sites for hydroxylation is 1. The van der Waals surface area contributed by atoms with Crippen LogP contribution in [0.15, 0.2) is 23.0 Å². The van der Waals surface area contributed by atoms with Gasteiger partial charge in [0, 0.05) is 11.1 Å². The highest BCUT2D eigenvalue weighted by Crippen LogP contribution is 2.30. The molecule has 0 radical (unpaired) electrons. The molecule has 1 aromatic carbocycles. The molecule has 2 N–H and O–H groups in total. The largest absolute Gasteiger partial charge is 0.504 e. The van der Waals surface area contributed by atoms with Crippen LogP contribution in [0.4, 0.5) is 0 Å². The molecule has 20 heavy (non-hydrogen) atoms. The summed E-state index contributed by atoms with van der Waals surface area (Å²) in [5, 5.41) is 9.61. The molecule has 3 rings (SSSR count). The normalized spacial score (nSPS) is 13.8. The molecule has 1 aliphatic carbocycles. The summed E-state index contributed by atoms with van der Waals surface area (Å²) in [6.45, 7) is 0. The van der Waals surface area contributed by atoms with Crippen molar-refractivity contribution in [2.75, 3.05) is 7.11 Å². The zero-order chi connectivity index (χ0) is 14.1. The standard InChI is InChI=1S/C15H16N2O3/c1-20-13-8-9(6-7-12(13)18)14-16-11-5-3-2-4-10(11)15(19)17-14/h6-8,18H,2-5H2,1H3,(H,16,17,19). The van der Waals surface area contributed by atoms with E-state index in [9.17, 15) is 9.90 Å². The van der Waals surface area contributed by atoms with Crippen molar-refractivity contribution in [1.82, 2.24) is 9.97 Å². The molecule has 0 aliphatic heterocycles. The molecule has 1 heterocycles. The maximum Gasteiger partial charge on any atom is 0.254 e. The quantitative estimate of drug-likeness (QED) is 0.877. The number of hydrogen-bond acceptors (Lipinski definition) is 4. The first-order chi connectivity index (χ1) is 9.69. The van der Waals surface area contributed by atoms with Gasteiger partial charge in [-0.05, 0) is 43.9 Å². The van der Waals surface area contributed by atoms with Crippen molar-refractivity contribution in [1.29, 1.82) is 0 Å². The Kier molecular flexibility index (Phi) is 3.18. The van der Waals surface area contributed by atoms with Gasteiger partial charge in [0.1, 0.15) is 5.82 Å². The maximum absolute atomic E-state index is 12.1. The molecule has 5 heteroatoms. The number of hydrogen-bond donors (Lipinski definition) is 2. The predicted octanol–water partition coefficient (Wildman–Crippen LogP) is 2.03. The number of methoxy groups -OCH3 is 1. The highest BCUT2D eigenvalue weighted by molar-refractivity contribution is 5.61. The van der Waals surface area contributed by atoms with Gasteiger partial charge in [-0.15, -0.1) is 0 Å². The molecule has 0 spiro atoms. The van der Waals surface area contributed by atoms with Gasteiger partial charge in [0.05, 0.1) is 12.8 Å². The monoisotopic (exact) mass is 272 g/mol. The number of rotatable bonds is 2. The third-order valence-corrected chi connectivity index (χ3v) is 3.64. The number of H-pyrrole nitrogens is 1. The summed E-state index contributed by atoms with van der Waals surface area (Å²) in [6.07, 6.45) is 3.77. The van der Waals surface area contributed by atoms with Crippen LogP contribution in [0.3, 0.4) is 0 Å². The lowest BCUT2D eigenvalue weighted by atomic mass is 9.97. The molecule has 0 fully saturated rings. The number of aromatic amines is 1. The number of phenols is 1. The lowest BCUT2D eigenvalue weighted by Crippen LogP contribution is -2.21. The molecule has 0 atom stereocenters. The van der Waals surface area contributed by atoms with E-state index in [0.29, 0.717) is 11.6 Å². The van der Waals surface area contributed by atoms with E-state index in [1.807, 2.05) is 0 Å². The van der Waals surface area contributed by atoms with Crippen LogP contribution in [0.2, 0.25) is 0 Å². The summed E-state index contributed by atoms with van der Waals surface area (Å²) >= 11 is 0. The fourth-order valence-corrected chi connectivity index (χ4v) is 2.56. The highest BCUT2D eigenvalue weighted by atomic mass is 16.5.